The smallest absolute Gasteiger partial charge is 0.319 e. The maximum absolute atomic E-state index is 14.9. The van der Waals surface area contributed by atoms with Gasteiger partial charge >= 0.3 is 12.1 Å². The van der Waals surface area contributed by atoms with Crippen LogP contribution < -0.4 is 59.9 Å². The monoisotopic (exact) mass is 1290 g/mol. The fourth-order valence-electron chi connectivity index (χ4n) is 11.0. The SMILES string of the molecule is CCCCN1CCC(Oc2ccc(C(=O)N(CCOCC)c3ccc(Oc4ccc(NC(=O)NC(CC)CC)cc4OC)cc3)cc2)CC1.CCCCN1CCC(Oc2ccc(C(=O)Nc3ccc(Oc4cc(F)c(NC(=O)NC(CC)CC)cc4OC)cc3)cc2)CC1. The first-order valence-electron chi connectivity index (χ1n) is 33.6. The largest absolute Gasteiger partial charge is 0.493 e. The minimum atomic E-state index is -0.668. The molecule has 0 atom stereocenters. The Labute approximate surface area is 555 Å². The lowest BCUT2D eigenvalue weighted by molar-refractivity contribution is 0.0962. The van der Waals surface area contributed by atoms with Crippen LogP contribution in [-0.4, -0.2) is 131 Å². The maximum Gasteiger partial charge on any atom is 0.319 e. The summed E-state index contributed by atoms with van der Waals surface area (Å²) in [5.41, 5.74) is 2.95. The van der Waals surface area contributed by atoms with Crippen molar-refractivity contribution in [1.29, 1.82) is 0 Å². The second kappa shape index (κ2) is 38.6. The predicted molar refractivity (Wildman–Crippen MR) is 371 cm³/mol. The Kier molecular flexibility index (Phi) is 29.9. The molecule has 94 heavy (non-hydrogen) atoms. The molecule has 2 fully saturated rings. The van der Waals surface area contributed by atoms with Gasteiger partial charge < -0.3 is 74.4 Å². The number of benzene rings is 6. The molecule has 0 bridgehead atoms. The summed E-state index contributed by atoms with van der Waals surface area (Å²) in [7, 11) is 2.99. The van der Waals surface area contributed by atoms with Gasteiger partial charge in [0.25, 0.3) is 11.8 Å². The molecule has 508 valence electrons. The van der Waals surface area contributed by atoms with Gasteiger partial charge in [-0.15, -0.1) is 0 Å². The van der Waals surface area contributed by atoms with E-state index < -0.39 is 11.8 Å². The quantitative estimate of drug-likeness (QED) is 0.0250. The number of halogens is 1. The number of methoxy groups -OCH3 is 2. The molecule has 6 aromatic carbocycles. The average molecular weight is 1300 g/mol. The molecule has 6 aromatic rings. The Balaban J connectivity index is 0.000000267. The van der Waals surface area contributed by atoms with Crippen molar-refractivity contribution in [3.8, 4) is 46.0 Å². The number of rotatable bonds is 32. The molecular weight excluding hydrogens is 1200 g/mol. The van der Waals surface area contributed by atoms with Crippen LogP contribution in [0.5, 0.6) is 46.0 Å². The number of ether oxygens (including phenoxy) is 7. The molecule has 0 unspecified atom stereocenters. The van der Waals surface area contributed by atoms with Crippen molar-refractivity contribution in [2.45, 2.75) is 150 Å². The molecule has 0 radical (unpaired) electrons. The van der Waals surface area contributed by atoms with Crippen molar-refractivity contribution in [2.75, 3.05) is 94.1 Å². The van der Waals surface area contributed by atoms with Crippen LogP contribution in [0.4, 0.5) is 36.7 Å². The van der Waals surface area contributed by atoms with Crippen LogP contribution in [-0.2, 0) is 4.74 Å². The number of piperidine rings is 2. The maximum atomic E-state index is 14.9. The van der Waals surface area contributed by atoms with Gasteiger partial charge in [0.2, 0.25) is 0 Å². The summed E-state index contributed by atoms with van der Waals surface area (Å²) < 4.78 is 55.8. The first-order valence-corrected chi connectivity index (χ1v) is 33.6. The van der Waals surface area contributed by atoms with Crippen LogP contribution in [0, 0.1) is 5.82 Å². The number of urea groups is 2. The zero-order valence-electron chi connectivity index (χ0n) is 56.5. The number of unbranched alkanes of at least 4 members (excludes halogenated alkanes) is 2. The van der Waals surface area contributed by atoms with E-state index in [1.165, 1.54) is 38.9 Å². The normalized spacial score (nSPS) is 13.7. The summed E-state index contributed by atoms with van der Waals surface area (Å²) in [5.74, 6) is 2.85. The molecule has 2 aliphatic rings. The van der Waals surface area contributed by atoms with Gasteiger partial charge in [-0.2, -0.15) is 0 Å². The van der Waals surface area contributed by atoms with Gasteiger partial charge in [0.15, 0.2) is 28.8 Å². The van der Waals surface area contributed by atoms with E-state index in [9.17, 15) is 23.6 Å². The fourth-order valence-corrected chi connectivity index (χ4v) is 11.0. The van der Waals surface area contributed by atoms with Crippen LogP contribution in [0.1, 0.15) is 146 Å². The molecule has 0 saturated carbocycles. The molecule has 5 N–H and O–H groups in total. The minimum absolute atomic E-state index is 0.00114. The van der Waals surface area contributed by atoms with Gasteiger partial charge in [0, 0.05) is 97.8 Å². The van der Waals surface area contributed by atoms with Gasteiger partial charge in [0.1, 0.15) is 35.2 Å². The zero-order valence-corrected chi connectivity index (χ0v) is 56.5. The van der Waals surface area contributed by atoms with Crippen molar-refractivity contribution in [1.82, 2.24) is 20.4 Å². The van der Waals surface area contributed by atoms with Crippen LogP contribution in [0.3, 0.4) is 0 Å². The third kappa shape index (κ3) is 22.9. The number of hydrogen-bond acceptors (Lipinski definition) is 13. The third-order valence-corrected chi connectivity index (χ3v) is 16.7. The number of carbonyl (C=O) groups excluding carboxylic acids is 4. The molecule has 0 aromatic heterocycles. The zero-order chi connectivity index (χ0) is 67.2. The van der Waals surface area contributed by atoms with Crippen LogP contribution in [0.2, 0.25) is 0 Å². The molecule has 2 aliphatic heterocycles. The highest BCUT2D eigenvalue weighted by molar-refractivity contribution is 6.06. The highest BCUT2D eigenvalue weighted by Gasteiger charge is 2.24. The molecule has 8 rings (SSSR count). The van der Waals surface area contributed by atoms with Gasteiger partial charge in [0.05, 0.1) is 26.5 Å². The van der Waals surface area contributed by atoms with E-state index in [0.29, 0.717) is 65.3 Å². The molecule has 0 aliphatic carbocycles. The molecular formula is C74H99FN8O11. The van der Waals surface area contributed by atoms with E-state index in [1.807, 2.05) is 95.3 Å². The minimum Gasteiger partial charge on any atom is -0.493 e. The van der Waals surface area contributed by atoms with Crippen molar-refractivity contribution in [2.24, 2.45) is 0 Å². The summed E-state index contributed by atoms with van der Waals surface area (Å²) in [6.07, 6.45) is 12.6. The first kappa shape index (κ1) is 72.8. The summed E-state index contributed by atoms with van der Waals surface area (Å²) in [6.45, 7) is 22.3. The Morgan fingerprint density at radius 3 is 1.49 bits per heavy atom. The number of carbonyl (C=O) groups is 4. The van der Waals surface area contributed by atoms with Gasteiger partial charge in [-0.1, -0.05) is 54.4 Å². The van der Waals surface area contributed by atoms with E-state index in [0.717, 1.165) is 114 Å². The second-order valence-corrected chi connectivity index (χ2v) is 23.5. The van der Waals surface area contributed by atoms with E-state index in [4.69, 9.17) is 33.2 Å². The lowest BCUT2D eigenvalue weighted by Crippen LogP contribution is -2.38. The van der Waals surface area contributed by atoms with Gasteiger partial charge in [-0.05, 0) is 193 Å². The lowest BCUT2D eigenvalue weighted by atomic mass is 10.1. The second-order valence-electron chi connectivity index (χ2n) is 23.5. The summed E-state index contributed by atoms with van der Waals surface area (Å²) in [6, 6.07) is 35.8. The predicted octanol–water partition coefficient (Wildman–Crippen LogP) is 16.0. The molecule has 2 heterocycles. The van der Waals surface area contributed by atoms with Crippen LogP contribution in [0.15, 0.2) is 127 Å². The number of anilines is 4. The lowest BCUT2D eigenvalue weighted by Gasteiger charge is -2.32. The number of amides is 6. The molecule has 2 saturated heterocycles. The molecule has 19 nitrogen and oxygen atoms in total. The average Bonchev–Trinajstić information content (AvgIpc) is 0.895. The highest BCUT2D eigenvalue weighted by Crippen LogP contribution is 2.38. The van der Waals surface area contributed by atoms with Gasteiger partial charge in [-0.3, -0.25) is 9.59 Å². The summed E-state index contributed by atoms with van der Waals surface area (Å²) in [4.78, 5) is 58.1. The van der Waals surface area contributed by atoms with E-state index >= 15 is 0 Å². The Bertz CT molecular complexity index is 3260. The topological polar surface area (TPSA) is 203 Å². The number of hydrogen-bond donors (Lipinski definition) is 5. The number of nitrogens with zero attached hydrogens (tertiary/aromatic N) is 3. The Morgan fingerprint density at radius 1 is 0.521 bits per heavy atom. The number of likely N-dealkylation sites (tertiary alicyclic amines) is 2. The molecule has 0 spiro atoms. The number of nitrogens with one attached hydrogen (secondary N) is 5. The molecule has 20 heteroatoms. The fraction of sp³-hybridized carbons (Fsp3) is 0.459. The Morgan fingerprint density at radius 2 is 0.989 bits per heavy atom. The van der Waals surface area contributed by atoms with Crippen molar-refractivity contribution in [3.63, 3.8) is 0 Å². The standard InChI is InChI=1S/C39H54N4O6.C35H45FN4O5/c1-6-10-23-42-24-21-35(22-25-42)48-33-16-11-29(12-17-33)38(44)43(26-27-47-9-4)32-14-18-34(19-15-32)49-36-20-13-31(28-37(36)46-5)41-39(45)40-30(7-2)8-3;1-5-8-19-40-20-17-29(18-21-40)44-27-13-9-24(10-14-27)34(41)37-26-11-15-28(16-12-26)45-33-22-30(36)31(23-32(33)43-4)39-35(42)38-25(6-2)7-3/h11-20,28,30,35H,6-10,21-27H2,1-5H3,(H2,40,41,45);9-16,22-23,25,29H,5-8,17-21H2,1-4H3,(H,37,41)(H2,38,39,42). The third-order valence-electron chi connectivity index (χ3n) is 16.7. The van der Waals surface area contributed by atoms with Crippen molar-refractivity contribution >= 4 is 46.6 Å². The first-order chi connectivity index (χ1) is 45.7. The van der Waals surface area contributed by atoms with E-state index in [1.54, 1.807) is 66.6 Å². The van der Waals surface area contributed by atoms with Crippen LogP contribution in [0.25, 0.3) is 0 Å². The van der Waals surface area contributed by atoms with E-state index in [2.05, 4.69) is 50.2 Å². The molecule has 6 amide bonds. The van der Waals surface area contributed by atoms with Gasteiger partial charge in [-0.25, -0.2) is 14.0 Å². The highest BCUT2D eigenvalue weighted by atomic mass is 19.1. The van der Waals surface area contributed by atoms with E-state index in [-0.39, 0.29) is 59.3 Å². The van der Waals surface area contributed by atoms with Crippen molar-refractivity contribution < 1.29 is 56.7 Å². The van der Waals surface area contributed by atoms with Crippen LogP contribution >= 0.6 is 0 Å². The summed E-state index contributed by atoms with van der Waals surface area (Å²) in [5, 5.41) is 14.0. The summed E-state index contributed by atoms with van der Waals surface area (Å²) >= 11 is 0. The van der Waals surface area contributed by atoms with Crippen molar-refractivity contribution in [3.05, 3.63) is 144 Å². The Hall–Kier alpha value is -8.59.